The van der Waals surface area contributed by atoms with E-state index >= 15 is 0 Å². The fourth-order valence-corrected chi connectivity index (χ4v) is 5.09. The molecule has 1 aliphatic carbocycles. The van der Waals surface area contributed by atoms with E-state index in [0.29, 0.717) is 23.5 Å². The fourth-order valence-electron chi connectivity index (χ4n) is 5.09. The molecule has 1 saturated carbocycles. The van der Waals surface area contributed by atoms with Crippen molar-refractivity contribution in [1.82, 2.24) is 9.88 Å². The molecule has 0 spiro atoms. The van der Waals surface area contributed by atoms with Gasteiger partial charge in [0.05, 0.1) is 5.52 Å². The first-order valence-electron chi connectivity index (χ1n) is 11.9. The normalized spacial score (nSPS) is 19.5. The van der Waals surface area contributed by atoms with Crippen LogP contribution in [0.1, 0.15) is 68.6 Å². The Morgan fingerprint density at radius 1 is 1.03 bits per heavy atom. The Kier molecular flexibility index (Phi) is 6.96. The van der Waals surface area contributed by atoms with Crippen molar-refractivity contribution in [1.29, 1.82) is 0 Å². The monoisotopic (exact) mass is 420 g/mol. The first-order valence-corrected chi connectivity index (χ1v) is 11.9. The van der Waals surface area contributed by atoms with E-state index in [1.807, 2.05) is 12.1 Å². The Hall–Kier alpha value is -2.33. The second kappa shape index (κ2) is 9.86. The number of rotatable bonds is 8. The maximum atomic E-state index is 11.4. The number of nitrogens with zero attached hydrogens (tertiary/aromatic N) is 1. The standard InChI is InChI=1S/C27H36N2O2/c1-19(2)17-21-8-6-20(7-9-21)5-4-16-29(3)24-13-10-22(11-14-24)23-12-15-25-26(18-23)31-27(30)28-25/h6-9,12,15,18-19,22,24H,4-5,10-11,13-14,16-17H2,1-3H3,(H,28,30)/t22-,24-. The molecule has 1 aromatic heterocycles. The first kappa shape index (κ1) is 21.9. The lowest BCUT2D eigenvalue weighted by Crippen LogP contribution is -2.35. The highest BCUT2D eigenvalue weighted by atomic mass is 16.4. The Morgan fingerprint density at radius 3 is 2.45 bits per heavy atom. The van der Waals surface area contributed by atoms with Crippen LogP contribution in [0.3, 0.4) is 0 Å². The van der Waals surface area contributed by atoms with Crippen molar-refractivity contribution >= 4 is 11.1 Å². The molecule has 0 unspecified atom stereocenters. The van der Waals surface area contributed by atoms with Gasteiger partial charge in [-0.05, 0) is 99.2 Å². The predicted octanol–water partition coefficient (Wildman–Crippen LogP) is 5.91. The summed E-state index contributed by atoms with van der Waals surface area (Å²) in [6.45, 7) is 5.71. The fraction of sp³-hybridized carbons (Fsp3) is 0.519. The maximum Gasteiger partial charge on any atom is 0.417 e. The lowest BCUT2D eigenvalue weighted by atomic mass is 9.81. The lowest BCUT2D eigenvalue weighted by molar-refractivity contribution is 0.181. The highest BCUT2D eigenvalue weighted by Gasteiger charge is 2.25. The number of fused-ring (bicyclic) bond motifs is 1. The molecule has 1 fully saturated rings. The smallest absolute Gasteiger partial charge is 0.408 e. The molecular weight excluding hydrogens is 384 g/mol. The van der Waals surface area contributed by atoms with Crippen LogP contribution >= 0.6 is 0 Å². The third-order valence-corrected chi connectivity index (χ3v) is 6.88. The van der Waals surface area contributed by atoms with E-state index in [0.717, 1.165) is 18.5 Å². The van der Waals surface area contributed by atoms with Crippen LogP contribution in [-0.4, -0.2) is 29.5 Å². The summed E-state index contributed by atoms with van der Waals surface area (Å²) in [6, 6.07) is 16.1. The molecule has 0 atom stereocenters. The third-order valence-electron chi connectivity index (χ3n) is 6.88. The van der Waals surface area contributed by atoms with Crippen LogP contribution in [0.4, 0.5) is 0 Å². The minimum Gasteiger partial charge on any atom is -0.408 e. The summed E-state index contributed by atoms with van der Waals surface area (Å²) in [5.41, 5.74) is 5.68. The number of aromatic nitrogens is 1. The predicted molar refractivity (Wildman–Crippen MR) is 128 cm³/mol. The van der Waals surface area contributed by atoms with Crippen LogP contribution in [0, 0.1) is 5.92 Å². The van der Waals surface area contributed by atoms with Gasteiger partial charge >= 0.3 is 5.76 Å². The van der Waals surface area contributed by atoms with Gasteiger partial charge in [0.25, 0.3) is 0 Å². The van der Waals surface area contributed by atoms with E-state index in [-0.39, 0.29) is 5.76 Å². The average molecular weight is 421 g/mol. The number of hydrogen-bond donors (Lipinski definition) is 1. The van der Waals surface area contributed by atoms with Gasteiger partial charge in [-0.1, -0.05) is 44.2 Å². The van der Waals surface area contributed by atoms with Gasteiger partial charge in [-0.25, -0.2) is 4.79 Å². The number of aryl methyl sites for hydroxylation is 1. The summed E-state index contributed by atoms with van der Waals surface area (Å²) >= 11 is 0. The number of benzene rings is 2. The molecule has 0 aliphatic heterocycles. The molecule has 1 heterocycles. The second-order valence-corrected chi connectivity index (χ2v) is 9.77. The summed E-state index contributed by atoms with van der Waals surface area (Å²) in [5, 5.41) is 0. The van der Waals surface area contributed by atoms with Crippen LogP contribution in [0.5, 0.6) is 0 Å². The van der Waals surface area contributed by atoms with Gasteiger partial charge in [0, 0.05) is 6.04 Å². The third kappa shape index (κ3) is 5.68. The Balaban J connectivity index is 1.22. The van der Waals surface area contributed by atoms with Crippen molar-refractivity contribution in [3.63, 3.8) is 0 Å². The Morgan fingerprint density at radius 2 is 1.74 bits per heavy atom. The van der Waals surface area contributed by atoms with Crippen LogP contribution in [-0.2, 0) is 12.8 Å². The summed E-state index contributed by atoms with van der Waals surface area (Å²) in [4.78, 5) is 16.7. The van der Waals surface area contributed by atoms with Gasteiger partial charge in [-0.3, -0.25) is 4.98 Å². The molecular formula is C27H36N2O2. The highest BCUT2D eigenvalue weighted by Crippen LogP contribution is 2.35. The zero-order valence-electron chi connectivity index (χ0n) is 19.2. The van der Waals surface area contributed by atoms with E-state index in [4.69, 9.17) is 4.42 Å². The zero-order chi connectivity index (χ0) is 21.8. The summed E-state index contributed by atoms with van der Waals surface area (Å²) < 4.78 is 5.24. The van der Waals surface area contributed by atoms with E-state index in [9.17, 15) is 4.79 Å². The molecule has 0 radical (unpaired) electrons. The summed E-state index contributed by atoms with van der Waals surface area (Å²) in [6.07, 6.45) is 8.41. The Labute approximate surface area is 185 Å². The SMILES string of the molecule is CC(C)Cc1ccc(CCCN(C)[C@H]2CC[C@H](c3ccc4[nH]c(=O)oc4c3)CC2)cc1. The molecule has 4 heteroatoms. The van der Waals surface area contributed by atoms with Gasteiger partial charge in [0.15, 0.2) is 5.58 Å². The topological polar surface area (TPSA) is 49.2 Å². The molecule has 3 aromatic rings. The highest BCUT2D eigenvalue weighted by molar-refractivity contribution is 5.72. The minimum atomic E-state index is -0.371. The van der Waals surface area contributed by atoms with Gasteiger partial charge in [0.1, 0.15) is 0 Å². The molecule has 1 aliphatic rings. The number of oxazole rings is 1. The molecule has 1 N–H and O–H groups in total. The number of hydrogen-bond acceptors (Lipinski definition) is 3. The lowest BCUT2D eigenvalue weighted by Gasteiger charge is -2.35. The molecule has 0 amide bonds. The van der Waals surface area contributed by atoms with Crippen molar-refractivity contribution in [2.45, 2.75) is 70.8 Å². The van der Waals surface area contributed by atoms with Crippen molar-refractivity contribution in [2.24, 2.45) is 5.92 Å². The average Bonchev–Trinajstić information content (AvgIpc) is 3.14. The van der Waals surface area contributed by atoms with Crippen LogP contribution < -0.4 is 5.76 Å². The molecule has 0 bridgehead atoms. The first-order chi connectivity index (χ1) is 15.0. The van der Waals surface area contributed by atoms with Gasteiger partial charge in [0.2, 0.25) is 0 Å². The largest absolute Gasteiger partial charge is 0.417 e. The molecule has 2 aromatic carbocycles. The van der Waals surface area contributed by atoms with Crippen molar-refractivity contribution in [3.8, 4) is 0 Å². The number of nitrogens with one attached hydrogen (secondary N) is 1. The van der Waals surface area contributed by atoms with E-state index in [1.165, 1.54) is 55.2 Å². The molecule has 0 saturated heterocycles. The zero-order valence-corrected chi connectivity index (χ0v) is 19.2. The Bertz CT molecular complexity index is 1020. The molecule has 4 nitrogen and oxygen atoms in total. The van der Waals surface area contributed by atoms with E-state index in [2.05, 4.69) is 61.1 Å². The molecule has 31 heavy (non-hydrogen) atoms. The second-order valence-electron chi connectivity index (χ2n) is 9.77. The van der Waals surface area contributed by atoms with E-state index < -0.39 is 0 Å². The minimum absolute atomic E-state index is 0.371. The van der Waals surface area contributed by atoms with Gasteiger partial charge < -0.3 is 9.32 Å². The number of H-pyrrole nitrogens is 1. The molecule has 4 rings (SSSR count). The van der Waals surface area contributed by atoms with Crippen molar-refractivity contribution < 1.29 is 4.42 Å². The van der Waals surface area contributed by atoms with Crippen molar-refractivity contribution in [3.05, 3.63) is 69.7 Å². The van der Waals surface area contributed by atoms with Gasteiger partial charge in [-0.2, -0.15) is 0 Å². The van der Waals surface area contributed by atoms with Crippen LogP contribution in [0.2, 0.25) is 0 Å². The quantitative estimate of drug-likeness (QED) is 0.493. The summed E-state index contributed by atoms with van der Waals surface area (Å²) in [7, 11) is 2.29. The van der Waals surface area contributed by atoms with Crippen molar-refractivity contribution in [2.75, 3.05) is 13.6 Å². The summed E-state index contributed by atoms with van der Waals surface area (Å²) in [5.74, 6) is 0.911. The van der Waals surface area contributed by atoms with Crippen LogP contribution in [0.25, 0.3) is 11.1 Å². The number of aromatic amines is 1. The maximum absolute atomic E-state index is 11.4. The van der Waals surface area contributed by atoms with Crippen LogP contribution in [0.15, 0.2) is 51.7 Å². The molecule has 166 valence electrons. The van der Waals surface area contributed by atoms with Gasteiger partial charge in [-0.15, -0.1) is 0 Å². The van der Waals surface area contributed by atoms with E-state index in [1.54, 1.807) is 0 Å².